The molecule has 3 heterocycles. The van der Waals surface area contributed by atoms with Gasteiger partial charge in [0, 0.05) is 50.8 Å². The van der Waals surface area contributed by atoms with Crippen LogP contribution in [0.3, 0.4) is 0 Å². The van der Waals surface area contributed by atoms with Crippen molar-refractivity contribution in [2.45, 2.75) is 76.2 Å². The first-order valence-corrected chi connectivity index (χ1v) is 13.3. The number of allylic oxidation sites excluding steroid dienone is 2. The van der Waals surface area contributed by atoms with Gasteiger partial charge in [-0.3, -0.25) is 25.1 Å². The summed E-state index contributed by atoms with van der Waals surface area (Å²) in [5.41, 5.74) is 2.16. The molecule has 7 heteroatoms. The Kier molecular flexibility index (Phi) is 7.14. The van der Waals surface area contributed by atoms with Crippen LogP contribution in [-0.2, 0) is 0 Å². The predicted molar refractivity (Wildman–Crippen MR) is 140 cm³/mol. The summed E-state index contributed by atoms with van der Waals surface area (Å²) >= 11 is 0. The monoisotopic (exact) mass is 463 g/mol. The molecule has 2 aliphatic carbocycles. The molecule has 7 nitrogen and oxygen atoms in total. The second kappa shape index (κ2) is 10.3. The Morgan fingerprint density at radius 2 is 2.09 bits per heavy atom. The maximum Gasteiger partial charge on any atom is 0.147 e. The van der Waals surface area contributed by atoms with Gasteiger partial charge in [0.2, 0.25) is 0 Å². The third kappa shape index (κ3) is 4.83. The van der Waals surface area contributed by atoms with Crippen molar-refractivity contribution in [2.24, 2.45) is 4.99 Å². The van der Waals surface area contributed by atoms with Crippen molar-refractivity contribution in [3.05, 3.63) is 36.3 Å². The van der Waals surface area contributed by atoms with Crippen LogP contribution in [0.15, 0.2) is 35.6 Å². The van der Waals surface area contributed by atoms with E-state index in [0.29, 0.717) is 18.6 Å². The lowest BCUT2D eigenvalue weighted by molar-refractivity contribution is 0.00582. The first-order chi connectivity index (χ1) is 16.6. The van der Waals surface area contributed by atoms with Crippen LogP contribution in [0.25, 0.3) is 5.57 Å². The van der Waals surface area contributed by atoms with Gasteiger partial charge in [0.05, 0.1) is 30.3 Å². The fourth-order valence-electron chi connectivity index (χ4n) is 6.14. The van der Waals surface area contributed by atoms with Crippen molar-refractivity contribution in [3.8, 4) is 0 Å². The first-order valence-electron chi connectivity index (χ1n) is 13.3. The Morgan fingerprint density at radius 1 is 1.21 bits per heavy atom. The van der Waals surface area contributed by atoms with E-state index in [-0.39, 0.29) is 5.66 Å². The van der Waals surface area contributed by atoms with Gasteiger partial charge in [-0.25, -0.2) is 4.98 Å². The first kappa shape index (κ1) is 23.6. The van der Waals surface area contributed by atoms with E-state index in [4.69, 9.17) is 9.97 Å². The summed E-state index contributed by atoms with van der Waals surface area (Å²) in [5.74, 6) is 0.918. The van der Waals surface area contributed by atoms with Crippen LogP contribution in [0.5, 0.6) is 0 Å². The molecule has 0 amide bonds. The fourth-order valence-corrected chi connectivity index (χ4v) is 6.14. The zero-order valence-electron chi connectivity index (χ0n) is 21.0. The molecule has 184 valence electrons. The molecule has 3 unspecified atom stereocenters. The molecule has 1 aromatic heterocycles. The molecule has 2 aliphatic heterocycles. The lowest BCUT2D eigenvalue weighted by Gasteiger charge is -2.50. The molecule has 0 aromatic carbocycles. The number of fused-ring (bicyclic) bond motifs is 4. The lowest BCUT2D eigenvalue weighted by Crippen LogP contribution is -2.67. The maximum absolute atomic E-state index is 4.82. The largest absolute Gasteiger partial charge is 0.354 e. The van der Waals surface area contributed by atoms with Crippen molar-refractivity contribution >= 4 is 18.1 Å². The van der Waals surface area contributed by atoms with Crippen molar-refractivity contribution in [1.82, 2.24) is 25.1 Å². The van der Waals surface area contributed by atoms with Gasteiger partial charge in [-0.15, -0.1) is 0 Å². The van der Waals surface area contributed by atoms with E-state index in [1.54, 1.807) is 0 Å². The predicted octanol–water partition coefficient (Wildman–Crippen LogP) is 3.35. The third-order valence-electron chi connectivity index (χ3n) is 8.29. The second-order valence-corrected chi connectivity index (χ2v) is 10.6. The molecule has 5 rings (SSSR count). The van der Waals surface area contributed by atoms with E-state index in [9.17, 15) is 0 Å². The van der Waals surface area contributed by atoms with Crippen molar-refractivity contribution in [2.75, 3.05) is 44.2 Å². The maximum atomic E-state index is 4.82. The van der Waals surface area contributed by atoms with Crippen molar-refractivity contribution in [1.29, 1.82) is 0 Å². The van der Waals surface area contributed by atoms with E-state index in [2.05, 4.69) is 63.8 Å². The van der Waals surface area contributed by atoms with E-state index in [1.807, 2.05) is 12.4 Å². The summed E-state index contributed by atoms with van der Waals surface area (Å²) in [7, 11) is 0. The van der Waals surface area contributed by atoms with Gasteiger partial charge in [0.25, 0.3) is 0 Å². The highest BCUT2D eigenvalue weighted by molar-refractivity contribution is 5.72. The molecule has 34 heavy (non-hydrogen) atoms. The Balaban J connectivity index is 1.31. The van der Waals surface area contributed by atoms with Crippen LogP contribution in [0.2, 0.25) is 0 Å². The van der Waals surface area contributed by atoms with Crippen molar-refractivity contribution in [3.63, 3.8) is 0 Å². The third-order valence-corrected chi connectivity index (χ3v) is 8.29. The van der Waals surface area contributed by atoms with Gasteiger partial charge >= 0.3 is 0 Å². The number of hydrogen-bond acceptors (Lipinski definition) is 7. The zero-order chi connectivity index (χ0) is 23.5. The highest BCUT2D eigenvalue weighted by Gasteiger charge is 2.44. The van der Waals surface area contributed by atoms with Gasteiger partial charge in [-0.05, 0) is 51.3 Å². The minimum atomic E-state index is 0.0394. The summed E-state index contributed by atoms with van der Waals surface area (Å²) < 4.78 is 0. The molecule has 2 bridgehead atoms. The molecular formula is C27H41N7. The van der Waals surface area contributed by atoms with E-state index >= 15 is 0 Å². The highest BCUT2D eigenvalue weighted by atomic mass is 15.4. The number of aliphatic imine (C=N–C) groups is 1. The summed E-state index contributed by atoms with van der Waals surface area (Å²) in [6.07, 6.45) is 18.5. The summed E-state index contributed by atoms with van der Waals surface area (Å²) in [5, 5.41) is 4.02. The number of nitrogens with zero attached hydrogens (tertiary/aromatic N) is 6. The Hall–Kier alpha value is -2.09. The molecule has 0 radical (unpaired) electrons. The fraction of sp³-hybridized carbons (Fsp3) is 0.667. The van der Waals surface area contributed by atoms with Crippen molar-refractivity contribution < 1.29 is 0 Å². The molecule has 3 fully saturated rings. The number of hydrogen-bond donors (Lipinski definition) is 1. The van der Waals surface area contributed by atoms with Crippen LogP contribution in [0.1, 0.15) is 58.1 Å². The summed E-state index contributed by atoms with van der Waals surface area (Å²) in [4.78, 5) is 21.3. The molecule has 2 saturated heterocycles. The SMILES string of the molecule is C=NCCN(CCC)c1cnc(C2=CC3CC(C=C2)N2CCN(C4CCC4)CCC2(C)N3)cn1. The molecular weight excluding hydrogens is 422 g/mol. The van der Waals surface area contributed by atoms with Crippen LogP contribution < -0.4 is 10.2 Å². The molecule has 1 saturated carbocycles. The minimum Gasteiger partial charge on any atom is -0.354 e. The van der Waals surface area contributed by atoms with Gasteiger partial charge in [-0.1, -0.05) is 31.6 Å². The van der Waals surface area contributed by atoms with Crippen LogP contribution in [0, 0.1) is 0 Å². The highest BCUT2D eigenvalue weighted by Crippen LogP contribution is 2.36. The topological polar surface area (TPSA) is 59.9 Å². The average molecular weight is 464 g/mol. The number of rotatable bonds is 8. The van der Waals surface area contributed by atoms with E-state index < -0.39 is 0 Å². The quantitative estimate of drug-likeness (QED) is 0.597. The Bertz CT molecular complexity index is 906. The van der Waals surface area contributed by atoms with Crippen LogP contribution in [-0.4, -0.2) is 89.5 Å². The van der Waals surface area contributed by atoms with Gasteiger partial charge in [0.1, 0.15) is 5.82 Å². The number of anilines is 1. The second-order valence-electron chi connectivity index (χ2n) is 10.6. The molecule has 1 aromatic rings. The molecule has 4 aliphatic rings. The Labute approximate surface area is 205 Å². The van der Waals surface area contributed by atoms with Crippen LogP contribution in [0.4, 0.5) is 5.82 Å². The van der Waals surface area contributed by atoms with Crippen LogP contribution >= 0.6 is 0 Å². The summed E-state index contributed by atoms with van der Waals surface area (Å²) in [6.45, 7) is 14.2. The normalized spacial score (nSPS) is 30.0. The Morgan fingerprint density at radius 3 is 2.79 bits per heavy atom. The number of aromatic nitrogens is 2. The average Bonchev–Trinajstić information content (AvgIpc) is 3.09. The van der Waals surface area contributed by atoms with Gasteiger partial charge in [0.15, 0.2) is 0 Å². The van der Waals surface area contributed by atoms with Gasteiger partial charge in [-0.2, -0.15) is 0 Å². The molecule has 1 N–H and O–H groups in total. The smallest absolute Gasteiger partial charge is 0.147 e. The molecule has 3 atom stereocenters. The molecule has 0 spiro atoms. The number of nitrogens with one attached hydrogen (secondary N) is 1. The zero-order valence-corrected chi connectivity index (χ0v) is 21.0. The van der Waals surface area contributed by atoms with E-state index in [1.165, 1.54) is 44.3 Å². The van der Waals surface area contributed by atoms with E-state index in [0.717, 1.165) is 50.0 Å². The standard InChI is InChI=1S/C27H41N7/c1-4-12-33(14-11-28-3)26-20-29-25(19-30-26)21-8-9-24-18-22(17-21)31-27(2)10-13-32(15-16-34(24)27)23-6-5-7-23/h8-9,17,19-20,22-24,31H,3-7,10-16,18H2,1-2H3. The minimum absolute atomic E-state index is 0.0394. The lowest BCUT2D eigenvalue weighted by atomic mass is 9.91. The van der Waals surface area contributed by atoms with Gasteiger partial charge < -0.3 is 4.90 Å². The summed E-state index contributed by atoms with van der Waals surface area (Å²) in [6, 6.07) is 1.64.